The van der Waals surface area contributed by atoms with E-state index >= 15 is 0 Å². The number of carbonyl (C=O) groups is 1. The second kappa shape index (κ2) is 5.49. The van der Waals surface area contributed by atoms with Crippen LogP contribution >= 0.6 is 27.3 Å². The topological polar surface area (TPSA) is 85.2 Å². The molecule has 1 amide bonds. The van der Waals surface area contributed by atoms with E-state index in [9.17, 15) is 4.79 Å². The van der Waals surface area contributed by atoms with E-state index in [4.69, 9.17) is 5.73 Å². The predicted molar refractivity (Wildman–Crippen MR) is 71.1 cm³/mol. The van der Waals surface area contributed by atoms with Crippen molar-refractivity contribution in [2.24, 2.45) is 0 Å². The predicted octanol–water partition coefficient (Wildman–Crippen LogP) is 2.14. The van der Waals surface area contributed by atoms with Gasteiger partial charge in [-0.2, -0.15) is 0 Å². The molecule has 0 aromatic carbocycles. The van der Waals surface area contributed by atoms with Crippen LogP contribution in [-0.2, 0) is 6.54 Å². The summed E-state index contributed by atoms with van der Waals surface area (Å²) in [6.07, 6.45) is 0. The average molecular weight is 331 g/mol. The van der Waals surface area contributed by atoms with Gasteiger partial charge in [-0.25, -0.2) is 4.63 Å². The van der Waals surface area contributed by atoms with E-state index in [1.807, 2.05) is 19.1 Å². The number of rotatable bonds is 4. The minimum atomic E-state index is -0.277. The number of nitrogen functional groups attached to an aromatic ring is 1. The molecule has 0 unspecified atom stereocenters. The van der Waals surface area contributed by atoms with Gasteiger partial charge < -0.3 is 10.6 Å². The Bertz CT molecular complexity index is 554. The lowest BCUT2D eigenvalue weighted by Crippen LogP contribution is -2.30. The van der Waals surface area contributed by atoms with Gasteiger partial charge >= 0.3 is 0 Å². The molecule has 96 valence electrons. The van der Waals surface area contributed by atoms with E-state index in [1.54, 1.807) is 16.2 Å². The SMILES string of the molecule is CCN(Cc1ccc(Br)s1)C(=O)c1nonc1N. The Morgan fingerprint density at radius 1 is 1.56 bits per heavy atom. The van der Waals surface area contributed by atoms with Gasteiger partial charge in [0.05, 0.1) is 10.3 Å². The minimum absolute atomic E-state index is 0.0193. The summed E-state index contributed by atoms with van der Waals surface area (Å²) in [6, 6.07) is 3.92. The summed E-state index contributed by atoms with van der Waals surface area (Å²) in [4.78, 5) is 14.9. The first kappa shape index (κ1) is 13.0. The number of anilines is 1. The fourth-order valence-electron chi connectivity index (χ4n) is 1.45. The lowest BCUT2D eigenvalue weighted by molar-refractivity contribution is 0.0743. The monoisotopic (exact) mass is 330 g/mol. The fraction of sp³-hybridized carbons (Fsp3) is 0.300. The van der Waals surface area contributed by atoms with Gasteiger partial charge in [0.2, 0.25) is 11.5 Å². The molecular formula is C10H11BrN4O2S. The second-order valence-corrected chi connectivity index (χ2v) is 6.07. The third-order valence-electron chi connectivity index (χ3n) is 2.36. The number of nitrogens with zero attached hydrogens (tertiary/aromatic N) is 3. The highest BCUT2D eigenvalue weighted by Gasteiger charge is 2.22. The summed E-state index contributed by atoms with van der Waals surface area (Å²) in [5.41, 5.74) is 5.57. The van der Waals surface area contributed by atoms with Crippen LogP contribution in [0.4, 0.5) is 5.82 Å². The molecule has 0 saturated heterocycles. The summed E-state index contributed by atoms with van der Waals surface area (Å²) in [5, 5.41) is 6.93. The summed E-state index contributed by atoms with van der Waals surface area (Å²) in [7, 11) is 0. The average Bonchev–Trinajstić information content (AvgIpc) is 2.94. The van der Waals surface area contributed by atoms with Crippen molar-refractivity contribution >= 4 is 39.0 Å². The minimum Gasteiger partial charge on any atom is -0.379 e. The van der Waals surface area contributed by atoms with Crippen molar-refractivity contribution in [2.75, 3.05) is 12.3 Å². The Balaban J connectivity index is 2.14. The number of nitrogens with two attached hydrogens (primary N) is 1. The van der Waals surface area contributed by atoms with Crippen LogP contribution in [-0.4, -0.2) is 27.7 Å². The largest absolute Gasteiger partial charge is 0.379 e. The van der Waals surface area contributed by atoms with E-state index in [0.29, 0.717) is 13.1 Å². The molecule has 2 aromatic heterocycles. The summed E-state index contributed by atoms with van der Waals surface area (Å²) >= 11 is 4.97. The fourth-order valence-corrected chi connectivity index (χ4v) is 2.94. The van der Waals surface area contributed by atoms with Crippen molar-refractivity contribution in [1.82, 2.24) is 15.2 Å². The number of hydrogen-bond donors (Lipinski definition) is 1. The first-order valence-corrected chi connectivity index (χ1v) is 6.84. The van der Waals surface area contributed by atoms with Gasteiger partial charge in [-0.15, -0.1) is 11.3 Å². The second-order valence-electron chi connectivity index (χ2n) is 3.52. The van der Waals surface area contributed by atoms with E-state index in [1.165, 1.54) is 0 Å². The highest BCUT2D eigenvalue weighted by atomic mass is 79.9. The Morgan fingerprint density at radius 3 is 2.83 bits per heavy atom. The maximum Gasteiger partial charge on any atom is 0.280 e. The van der Waals surface area contributed by atoms with Crippen molar-refractivity contribution in [1.29, 1.82) is 0 Å². The van der Waals surface area contributed by atoms with Gasteiger partial charge in [0, 0.05) is 11.4 Å². The normalized spacial score (nSPS) is 10.6. The molecule has 2 N–H and O–H groups in total. The summed E-state index contributed by atoms with van der Waals surface area (Å²) in [6.45, 7) is 2.96. The van der Waals surface area contributed by atoms with Crippen LogP contribution in [0, 0.1) is 0 Å². The lowest BCUT2D eigenvalue weighted by atomic mass is 10.3. The van der Waals surface area contributed by atoms with Crippen molar-refractivity contribution in [3.8, 4) is 0 Å². The van der Waals surface area contributed by atoms with Crippen molar-refractivity contribution in [2.45, 2.75) is 13.5 Å². The molecule has 0 aliphatic carbocycles. The third kappa shape index (κ3) is 2.70. The van der Waals surface area contributed by atoms with Gasteiger partial charge in [-0.3, -0.25) is 4.79 Å². The quantitative estimate of drug-likeness (QED) is 0.928. The molecule has 0 atom stereocenters. The number of halogens is 1. The molecule has 0 radical (unpaired) electrons. The van der Waals surface area contributed by atoms with Crippen molar-refractivity contribution in [3.05, 3.63) is 26.5 Å². The molecule has 18 heavy (non-hydrogen) atoms. The van der Waals surface area contributed by atoms with Crippen LogP contribution in [0.3, 0.4) is 0 Å². The zero-order valence-electron chi connectivity index (χ0n) is 9.59. The summed E-state index contributed by atoms with van der Waals surface area (Å²) in [5.74, 6) is -0.258. The number of hydrogen-bond acceptors (Lipinski definition) is 6. The van der Waals surface area contributed by atoms with Crippen LogP contribution in [0.15, 0.2) is 20.5 Å². The zero-order chi connectivity index (χ0) is 13.1. The molecule has 0 aliphatic rings. The Morgan fingerprint density at radius 2 is 2.33 bits per heavy atom. The Kier molecular flexibility index (Phi) is 3.97. The van der Waals surface area contributed by atoms with Crippen molar-refractivity contribution in [3.63, 3.8) is 0 Å². The van der Waals surface area contributed by atoms with Gasteiger partial charge in [0.25, 0.3) is 5.91 Å². The van der Waals surface area contributed by atoms with Crippen LogP contribution in [0.1, 0.15) is 22.3 Å². The van der Waals surface area contributed by atoms with Crippen LogP contribution < -0.4 is 5.73 Å². The molecule has 0 aliphatic heterocycles. The molecule has 0 spiro atoms. The smallest absolute Gasteiger partial charge is 0.280 e. The first-order chi connectivity index (χ1) is 8.61. The van der Waals surface area contributed by atoms with Crippen LogP contribution in [0.2, 0.25) is 0 Å². The van der Waals surface area contributed by atoms with E-state index in [0.717, 1.165) is 8.66 Å². The van der Waals surface area contributed by atoms with Gasteiger partial charge in [-0.1, -0.05) is 0 Å². The van der Waals surface area contributed by atoms with Crippen LogP contribution in [0.5, 0.6) is 0 Å². The van der Waals surface area contributed by atoms with Crippen LogP contribution in [0.25, 0.3) is 0 Å². The molecule has 2 aromatic rings. The van der Waals surface area contributed by atoms with Gasteiger partial charge in [0.15, 0.2) is 0 Å². The summed E-state index contributed by atoms with van der Waals surface area (Å²) < 4.78 is 5.47. The number of aromatic nitrogens is 2. The number of thiophene rings is 1. The van der Waals surface area contributed by atoms with E-state index < -0.39 is 0 Å². The molecule has 0 fully saturated rings. The Labute approximate surface area is 116 Å². The lowest BCUT2D eigenvalue weighted by Gasteiger charge is -2.18. The highest BCUT2D eigenvalue weighted by Crippen LogP contribution is 2.23. The third-order valence-corrected chi connectivity index (χ3v) is 3.97. The van der Waals surface area contributed by atoms with E-state index in [-0.39, 0.29) is 17.4 Å². The van der Waals surface area contributed by atoms with Gasteiger partial charge in [0.1, 0.15) is 0 Å². The standard InChI is InChI=1S/C10H11BrN4O2S/c1-2-15(5-6-3-4-7(11)18-6)10(16)8-9(12)14-17-13-8/h3-4H,2,5H2,1H3,(H2,12,14). The maximum absolute atomic E-state index is 12.1. The number of carbonyl (C=O) groups excluding carboxylic acids is 1. The molecule has 2 rings (SSSR count). The maximum atomic E-state index is 12.1. The van der Waals surface area contributed by atoms with Crippen molar-refractivity contribution < 1.29 is 9.42 Å². The zero-order valence-corrected chi connectivity index (χ0v) is 12.0. The Hall–Kier alpha value is -1.41. The number of amides is 1. The molecule has 0 saturated carbocycles. The highest BCUT2D eigenvalue weighted by molar-refractivity contribution is 9.11. The van der Waals surface area contributed by atoms with Gasteiger partial charge in [-0.05, 0) is 45.3 Å². The molecular weight excluding hydrogens is 320 g/mol. The van der Waals surface area contributed by atoms with E-state index in [2.05, 4.69) is 30.9 Å². The first-order valence-electron chi connectivity index (χ1n) is 5.23. The molecule has 8 heteroatoms. The molecule has 6 nitrogen and oxygen atoms in total. The molecule has 0 bridgehead atoms. The molecule has 2 heterocycles.